The highest BCUT2D eigenvalue weighted by Crippen LogP contribution is 2.21. The summed E-state index contributed by atoms with van der Waals surface area (Å²) in [4.78, 5) is 0.117. The average Bonchev–Trinajstić information content (AvgIpc) is 3.00. The molecule has 9 heteroatoms. The van der Waals surface area contributed by atoms with Crippen molar-refractivity contribution in [3.63, 3.8) is 0 Å². The molecule has 0 spiro atoms. The van der Waals surface area contributed by atoms with E-state index in [1.54, 1.807) is 18.2 Å². The number of hydrogen-bond acceptors (Lipinski definition) is 6. The largest absolute Gasteiger partial charge is 0.382 e. The van der Waals surface area contributed by atoms with Gasteiger partial charge in [-0.05, 0) is 31.0 Å². The van der Waals surface area contributed by atoms with Crippen molar-refractivity contribution in [1.82, 2.24) is 4.72 Å². The molecule has 122 valence electrons. The molecular weight excluding hydrogens is 316 g/mol. The van der Waals surface area contributed by atoms with Crippen molar-refractivity contribution in [2.24, 2.45) is 10.8 Å². The average molecular weight is 334 g/mol. The lowest BCUT2D eigenvalue weighted by Gasteiger charge is -2.13. The van der Waals surface area contributed by atoms with E-state index in [-0.39, 0.29) is 16.6 Å². The molecule has 0 amide bonds. The first-order valence-corrected chi connectivity index (χ1v) is 8.61. The van der Waals surface area contributed by atoms with Crippen LogP contribution in [0.2, 0.25) is 0 Å². The summed E-state index contributed by atoms with van der Waals surface area (Å²) < 4.78 is 27.4. The van der Waals surface area contributed by atoms with E-state index in [1.807, 2.05) is 0 Å². The van der Waals surface area contributed by atoms with E-state index in [2.05, 4.69) is 15.2 Å². The number of anilines is 1. The van der Waals surface area contributed by atoms with Crippen LogP contribution in [0, 0.1) is 16.7 Å². The van der Waals surface area contributed by atoms with Gasteiger partial charge < -0.3 is 5.73 Å². The lowest BCUT2D eigenvalue weighted by molar-refractivity contribution is 0.552. The Hall–Kier alpha value is -2.44. The quantitative estimate of drug-likeness (QED) is 0.350. The van der Waals surface area contributed by atoms with Gasteiger partial charge in [0.2, 0.25) is 15.7 Å². The molecule has 1 aliphatic rings. The predicted octanol–water partition coefficient (Wildman–Crippen LogP) is 1.13. The molecule has 1 fully saturated rings. The maximum Gasteiger partial charge on any atom is 0.240 e. The molecule has 0 bridgehead atoms. The van der Waals surface area contributed by atoms with Crippen LogP contribution in [0.4, 0.5) is 5.69 Å². The van der Waals surface area contributed by atoms with Crippen LogP contribution in [0.25, 0.3) is 0 Å². The van der Waals surface area contributed by atoms with Crippen molar-refractivity contribution in [3.8, 4) is 6.07 Å². The van der Waals surface area contributed by atoms with Crippen LogP contribution < -0.4 is 15.9 Å². The van der Waals surface area contributed by atoms with Gasteiger partial charge in [-0.1, -0.05) is 18.9 Å². The molecule has 0 aliphatic heterocycles. The van der Waals surface area contributed by atoms with E-state index < -0.39 is 15.9 Å². The number of hydrazone groups is 1. The minimum atomic E-state index is -3.60. The van der Waals surface area contributed by atoms with Crippen molar-refractivity contribution in [2.75, 3.05) is 5.43 Å². The van der Waals surface area contributed by atoms with E-state index in [0.717, 1.165) is 25.7 Å². The fourth-order valence-corrected chi connectivity index (χ4v) is 3.68. The van der Waals surface area contributed by atoms with Crippen molar-refractivity contribution in [3.05, 3.63) is 24.3 Å². The Morgan fingerprint density at radius 3 is 2.70 bits per heavy atom. The Balaban J connectivity index is 2.16. The highest BCUT2D eigenvalue weighted by molar-refractivity contribution is 7.89. The Morgan fingerprint density at radius 2 is 2.09 bits per heavy atom. The number of nitrogens with zero attached hydrogens (tertiary/aromatic N) is 2. The van der Waals surface area contributed by atoms with E-state index in [9.17, 15) is 8.42 Å². The Labute approximate surface area is 134 Å². The molecule has 1 aliphatic carbocycles. The maximum atomic E-state index is 12.4. The van der Waals surface area contributed by atoms with Gasteiger partial charge >= 0.3 is 0 Å². The van der Waals surface area contributed by atoms with Gasteiger partial charge in [-0.3, -0.25) is 10.8 Å². The molecular formula is C14H18N6O2S. The monoisotopic (exact) mass is 334 g/mol. The number of nitrogens with two attached hydrogens (primary N) is 1. The first-order valence-electron chi connectivity index (χ1n) is 7.13. The number of rotatable bonds is 6. The van der Waals surface area contributed by atoms with Crippen LogP contribution in [-0.2, 0) is 10.0 Å². The normalized spacial score (nSPS) is 16.0. The smallest absolute Gasteiger partial charge is 0.240 e. The third-order valence-corrected chi connectivity index (χ3v) is 5.00. The van der Waals surface area contributed by atoms with E-state index >= 15 is 0 Å². The molecule has 0 radical (unpaired) electrons. The summed E-state index contributed by atoms with van der Waals surface area (Å²) in [5, 5.41) is 19.6. The standard InChI is InChI=1S/C14H18N6O2S/c15-9-13(14(16)17)19-18-11-6-3-7-12(8-11)23(21,22)20-10-4-1-2-5-10/h3,6-8,10,18,20H,1-2,4-5H2,(H3,16,17)/b19-13+. The molecule has 23 heavy (non-hydrogen) atoms. The third-order valence-electron chi connectivity index (χ3n) is 3.48. The summed E-state index contributed by atoms with van der Waals surface area (Å²) in [7, 11) is -3.60. The molecule has 0 heterocycles. The number of sulfonamides is 1. The number of amidine groups is 1. The number of nitrogens with one attached hydrogen (secondary N) is 3. The first-order chi connectivity index (χ1) is 10.9. The van der Waals surface area contributed by atoms with Crippen molar-refractivity contribution < 1.29 is 8.42 Å². The van der Waals surface area contributed by atoms with E-state index in [1.165, 1.54) is 12.1 Å². The molecule has 5 N–H and O–H groups in total. The highest BCUT2D eigenvalue weighted by Gasteiger charge is 2.22. The second kappa shape index (κ2) is 7.21. The first kappa shape index (κ1) is 16.9. The lowest BCUT2D eigenvalue weighted by atomic mass is 10.3. The zero-order valence-electron chi connectivity index (χ0n) is 12.4. The zero-order valence-corrected chi connectivity index (χ0v) is 13.2. The molecule has 1 saturated carbocycles. The van der Waals surface area contributed by atoms with Gasteiger partial charge in [-0.25, -0.2) is 13.1 Å². The lowest BCUT2D eigenvalue weighted by Crippen LogP contribution is -2.32. The Morgan fingerprint density at radius 1 is 1.39 bits per heavy atom. The van der Waals surface area contributed by atoms with Gasteiger partial charge in [0.05, 0.1) is 10.6 Å². The van der Waals surface area contributed by atoms with Crippen LogP contribution in [0.3, 0.4) is 0 Å². The SMILES string of the molecule is N#C/C(=N\Nc1cccc(S(=O)(=O)NC2CCCC2)c1)C(=N)N. The van der Waals surface area contributed by atoms with E-state index in [4.69, 9.17) is 16.4 Å². The molecule has 1 aromatic rings. The van der Waals surface area contributed by atoms with E-state index in [0.29, 0.717) is 5.69 Å². The van der Waals surface area contributed by atoms with Gasteiger partial charge in [0, 0.05) is 6.04 Å². The van der Waals surface area contributed by atoms with Crippen LogP contribution in [0.15, 0.2) is 34.3 Å². The predicted molar refractivity (Wildman–Crippen MR) is 87.6 cm³/mol. The molecule has 0 aromatic heterocycles. The molecule has 2 rings (SSSR count). The Bertz CT molecular complexity index is 760. The van der Waals surface area contributed by atoms with Crippen LogP contribution in [0.1, 0.15) is 25.7 Å². The molecule has 0 unspecified atom stereocenters. The van der Waals surface area contributed by atoms with Crippen molar-refractivity contribution in [1.29, 1.82) is 10.7 Å². The molecule has 0 atom stereocenters. The van der Waals surface area contributed by atoms with Gasteiger partial charge in [0.1, 0.15) is 6.07 Å². The van der Waals surface area contributed by atoms with Gasteiger partial charge in [0.15, 0.2) is 5.84 Å². The summed E-state index contributed by atoms with van der Waals surface area (Å²) in [6.07, 6.45) is 3.77. The number of hydrogen-bond donors (Lipinski definition) is 4. The Kier molecular flexibility index (Phi) is 5.31. The van der Waals surface area contributed by atoms with Crippen molar-refractivity contribution >= 4 is 27.3 Å². The fraction of sp³-hybridized carbons (Fsp3) is 0.357. The topological polar surface area (TPSA) is 144 Å². The zero-order chi connectivity index (χ0) is 16.9. The fourth-order valence-electron chi connectivity index (χ4n) is 2.33. The van der Waals surface area contributed by atoms with Gasteiger partial charge in [0.25, 0.3) is 0 Å². The molecule has 0 saturated heterocycles. The number of benzene rings is 1. The highest BCUT2D eigenvalue weighted by atomic mass is 32.2. The van der Waals surface area contributed by atoms with Gasteiger partial charge in [-0.15, -0.1) is 0 Å². The van der Waals surface area contributed by atoms with Crippen LogP contribution in [-0.4, -0.2) is 26.0 Å². The minimum Gasteiger partial charge on any atom is -0.382 e. The van der Waals surface area contributed by atoms with Crippen molar-refractivity contribution in [2.45, 2.75) is 36.6 Å². The minimum absolute atomic E-state index is 0.0162. The maximum absolute atomic E-state index is 12.4. The second-order valence-electron chi connectivity index (χ2n) is 5.23. The number of nitriles is 1. The second-order valence-corrected chi connectivity index (χ2v) is 6.94. The summed E-state index contributed by atoms with van der Waals surface area (Å²) >= 11 is 0. The summed E-state index contributed by atoms with van der Waals surface area (Å²) in [6, 6.07) is 7.73. The third kappa shape index (κ3) is 4.51. The summed E-state index contributed by atoms with van der Waals surface area (Å²) in [5.41, 5.74) is 7.83. The summed E-state index contributed by atoms with van der Waals surface area (Å²) in [5.74, 6) is -0.466. The van der Waals surface area contributed by atoms with Crippen LogP contribution >= 0.6 is 0 Å². The summed E-state index contributed by atoms with van der Waals surface area (Å²) in [6.45, 7) is 0. The van der Waals surface area contributed by atoms with Crippen LogP contribution in [0.5, 0.6) is 0 Å². The molecule has 1 aromatic carbocycles. The molecule has 8 nitrogen and oxygen atoms in total. The van der Waals surface area contributed by atoms with Gasteiger partial charge in [-0.2, -0.15) is 10.4 Å².